The van der Waals surface area contributed by atoms with Crippen molar-refractivity contribution in [3.05, 3.63) is 29.3 Å². The first kappa shape index (κ1) is 11.2. The smallest absolute Gasteiger partial charge is 0.0967 e. The summed E-state index contributed by atoms with van der Waals surface area (Å²) in [4.78, 5) is 4.58. The Hall–Kier alpha value is -0.930. The summed E-state index contributed by atoms with van der Waals surface area (Å²) in [7, 11) is 0. The van der Waals surface area contributed by atoms with Crippen LogP contribution in [-0.4, -0.2) is 15.7 Å². The molecule has 0 bridgehead atoms. The maximum atomic E-state index is 10.4. The molecule has 1 N–H and O–H groups in total. The number of benzene rings is 1. The molecule has 1 atom stereocenters. The van der Waals surface area contributed by atoms with Crippen LogP contribution in [0, 0.1) is 5.92 Å². The standard InChI is InChI=1S/C14H17NOS/c1-14(16,8-10-6-7-10)9-13-15-11-4-2-3-5-12(11)17-13/h2-5,10,16H,6-9H2,1H3. The highest BCUT2D eigenvalue weighted by Gasteiger charge is 2.32. The van der Waals surface area contributed by atoms with E-state index < -0.39 is 5.60 Å². The van der Waals surface area contributed by atoms with Gasteiger partial charge < -0.3 is 5.11 Å². The van der Waals surface area contributed by atoms with Crippen molar-refractivity contribution in [3.63, 3.8) is 0 Å². The number of fused-ring (bicyclic) bond motifs is 1. The lowest BCUT2D eigenvalue weighted by atomic mass is 9.96. The summed E-state index contributed by atoms with van der Waals surface area (Å²) < 4.78 is 1.21. The fraction of sp³-hybridized carbons (Fsp3) is 0.500. The third-order valence-electron chi connectivity index (χ3n) is 3.30. The number of para-hydroxylation sites is 1. The van der Waals surface area contributed by atoms with E-state index in [4.69, 9.17) is 0 Å². The molecule has 1 fully saturated rings. The lowest BCUT2D eigenvalue weighted by Crippen LogP contribution is -2.27. The first-order valence-electron chi connectivity index (χ1n) is 6.19. The predicted molar refractivity (Wildman–Crippen MR) is 71.3 cm³/mol. The largest absolute Gasteiger partial charge is 0.390 e. The Labute approximate surface area is 105 Å². The van der Waals surface area contributed by atoms with E-state index in [1.54, 1.807) is 11.3 Å². The molecule has 1 saturated carbocycles. The Balaban J connectivity index is 1.78. The second kappa shape index (κ2) is 4.07. The van der Waals surface area contributed by atoms with Gasteiger partial charge in [0.15, 0.2) is 0 Å². The highest BCUT2D eigenvalue weighted by molar-refractivity contribution is 7.18. The predicted octanol–water partition coefficient (Wildman–Crippen LogP) is 3.39. The van der Waals surface area contributed by atoms with E-state index in [9.17, 15) is 5.11 Å². The maximum Gasteiger partial charge on any atom is 0.0967 e. The van der Waals surface area contributed by atoms with Gasteiger partial charge in [0.25, 0.3) is 0 Å². The lowest BCUT2D eigenvalue weighted by Gasteiger charge is -2.21. The quantitative estimate of drug-likeness (QED) is 0.898. The summed E-state index contributed by atoms with van der Waals surface area (Å²) in [6.45, 7) is 1.94. The first-order chi connectivity index (χ1) is 8.12. The highest BCUT2D eigenvalue weighted by Crippen LogP contribution is 2.38. The molecule has 3 rings (SSSR count). The van der Waals surface area contributed by atoms with Crippen LogP contribution in [0.2, 0.25) is 0 Å². The van der Waals surface area contributed by atoms with Gasteiger partial charge in [-0.3, -0.25) is 0 Å². The Morgan fingerprint density at radius 3 is 2.88 bits per heavy atom. The van der Waals surface area contributed by atoms with Crippen molar-refractivity contribution in [2.24, 2.45) is 5.92 Å². The van der Waals surface area contributed by atoms with Gasteiger partial charge in [0.05, 0.1) is 20.8 Å². The molecule has 0 spiro atoms. The molecular formula is C14H17NOS. The molecule has 1 aliphatic rings. The Morgan fingerprint density at radius 1 is 1.41 bits per heavy atom. The molecule has 0 saturated heterocycles. The highest BCUT2D eigenvalue weighted by atomic mass is 32.1. The number of aromatic nitrogens is 1. The molecule has 90 valence electrons. The third kappa shape index (κ3) is 2.67. The van der Waals surface area contributed by atoms with E-state index in [0.29, 0.717) is 6.42 Å². The fourth-order valence-electron chi connectivity index (χ4n) is 2.34. The van der Waals surface area contributed by atoms with Crippen LogP contribution >= 0.6 is 11.3 Å². The van der Waals surface area contributed by atoms with E-state index in [-0.39, 0.29) is 0 Å². The summed E-state index contributed by atoms with van der Waals surface area (Å²) >= 11 is 1.70. The Kier molecular flexibility index (Phi) is 2.68. The zero-order chi connectivity index (χ0) is 11.9. The van der Waals surface area contributed by atoms with Crippen LogP contribution in [0.5, 0.6) is 0 Å². The van der Waals surface area contributed by atoms with Gasteiger partial charge in [-0.1, -0.05) is 25.0 Å². The maximum absolute atomic E-state index is 10.4. The average molecular weight is 247 g/mol. The minimum atomic E-state index is -0.588. The Bertz CT molecular complexity index is 495. The molecule has 1 aromatic heterocycles. The van der Waals surface area contributed by atoms with Gasteiger partial charge in [-0.25, -0.2) is 4.98 Å². The molecule has 17 heavy (non-hydrogen) atoms. The molecule has 1 heterocycles. The minimum absolute atomic E-state index is 0.588. The van der Waals surface area contributed by atoms with Gasteiger partial charge in [-0.2, -0.15) is 0 Å². The molecule has 1 aromatic carbocycles. The zero-order valence-corrected chi connectivity index (χ0v) is 10.8. The zero-order valence-electron chi connectivity index (χ0n) is 10.0. The number of hydrogen-bond acceptors (Lipinski definition) is 3. The van der Waals surface area contributed by atoms with Crippen molar-refractivity contribution in [2.45, 2.75) is 38.2 Å². The summed E-state index contributed by atoms with van der Waals surface area (Å²) in [5, 5.41) is 11.4. The van der Waals surface area contributed by atoms with Crippen LogP contribution < -0.4 is 0 Å². The van der Waals surface area contributed by atoms with Gasteiger partial charge >= 0.3 is 0 Å². The number of thiazole rings is 1. The molecular weight excluding hydrogens is 230 g/mol. The fourth-order valence-corrected chi connectivity index (χ4v) is 3.48. The number of aliphatic hydroxyl groups is 1. The number of rotatable bonds is 4. The van der Waals surface area contributed by atoms with E-state index in [1.165, 1.54) is 17.5 Å². The van der Waals surface area contributed by atoms with Crippen molar-refractivity contribution >= 4 is 21.6 Å². The SMILES string of the molecule is CC(O)(Cc1nc2ccccc2s1)CC1CC1. The van der Waals surface area contributed by atoms with Crippen LogP contribution in [0.4, 0.5) is 0 Å². The summed E-state index contributed by atoms with van der Waals surface area (Å²) in [6, 6.07) is 8.16. The van der Waals surface area contributed by atoms with Crippen molar-refractivity contribution in [1.82, 2.24) is 4.98 Å². The van der Waals surface area contributed by atoms with Gasteiger partial charge in [0.1, 0.15) is 0 Å². The van der Waals surface area contributed by atoms with Crippen molar-refractivity contribution in [1.29, 1.82) is 0 Å². The lowest BCUT2D eigenvalue weighted by molar-refractivity contribution is 0.0455. The molecule has 3 heteroatoms. The van der Waals surface area contributed by atoms with Gasteiger partial charge in [0.2, 0.25) is 0 Å². The second-order valence-corrected chi connectivity index (χ2v) is 6.51. The average Bonchev–Trinajstić information content (AvgIpc) is 2.95. The van der Waals surface area contributed by atoms with Crippen LogP contribution in [0.3, 0.4) is 0 Å². The number of hydrogen-bond donors (Lipinski definition) is 1. The minimum Gasteiger partial charge on any atom is -0.390 e. The monoisotopic (exact) mass is 247 g/mol. The van der Waals surface area contributed by atoms with Gasteiger partial charge in [-0.05, 0) is 31.4 Å². The second-order valence-electron chi connectivity index (χ2n) is 5.40. The first-order valence-corrected chi connectivity index (χ1v) is 7.01. The summed E-state index contributed by atoms with van der Waals surface area (Å²) in [5.41, 5.74) is 0.462. The molecule has 1 aliphatic carbocycles. The molecule has 2 aromatic rings. The summed E-state index contributed by atoms with van der Waals surface area (Å²) in [5.74, 6) is 0.749. The molecule has 0 aliphatic heterocycles. The van der Waals surface area contributed by atoms with Crippen molar-refractivity contribution < 1.29 is 5.11 Å². The van der Waals surface area contributed by atoms with Crippen LogP contribution in [0.15, 0.2) is 24.3 Å². The van der Waals surface area contributed by atoms with E-state index in [2.05, 4.69) is 11.1 Å². The third-order valence-corrected chi connectivity index (χ3v) is 4.33. The Morgan fingerprint density at radius 2 is 2.18 bits per heavy atom. The molecule has 0 amide bonds. The van der Waals surface area contributed by atoms with Crippen LogP contribution in [-0.2, 0) is 6.42 Å². The summed E-state index contributed by atoms with van der Waals surface area (Å²) in [6.07, 6.45) is 4.18. The van der Waals surface area contributed by atoms with Crippen LogP contribution in [0.1, 0.15) is 31.2 Å². The number of nitrogens with zero attached hydrogens (tertiary/aromatic N) is 1. The molecule has 2 nitrogen and oxygen atoms in total. The van der Waals surface area contributed by atoms with E-state index in [0.717, 1.165) is 22.9 Å². The van der Waals surface area contributed by atoms with Crippen LogP contribution in [0.25, 0.3) is 10.2 Å². The van der Waals surface area contributed by atoms with E-state index >= 15 is 0 Å². The molecule has 0 radical (unpaired) electrons. The van der Waals surface area contributed by atoms with Crippen molar-refractivity contribution in [2.75, 3.05) is 0 Å². The van der Waals surface area contributed by atoms with Crippen molar-refractivity contribution in [3.8, 4) is 0 Å². The van der Waals surface area contributed by atoms with Gasteiger partial charge in [-0.15, -0.1) is 11.3 Å². The normalized spacial score (nSPS) is 19.4. The molecule has 1 unspecified atom stereocenters. The van der Waals surface area contributed by atoms with Gasteiger partial charge in [0, 0.05) is 6.42 Å². The van der Waals surface area contributed by atoms with E-state index in [1.807, 2.05) is 25.1 Å². The topological polar surface area (TPSA) is 33.1 Å².